The van der Waals surface area contributed by atoms with Crippen molar-refractivity contribution in [3.63, 3.8) is 0 Å². The smallest absolute Gasteiger partial charge is 0.232 e. The Balaban J connectivity index is 1.89. The van der Waals surface area contributed by atoms with Crippen LogP contribution >= 0.6 is 0 Å². The van der Waals surface area contributed by atoms with E-state index in [1.165, 1.54) is 12.8 Å². The molecule has 1 aliphatic carbocycles. The van der Waals surface area contributed by atoms with Crippen LogP contribution in [0.15, 0.2) is 0 Å². The fourth-order valence-corrected chi connectivity index (χ4v) is 2.72. The average Bonchev–Trinajstić information content (AvgIpc) is 3.17. The third-order valence-corrected chi connectivity index (χ3v) is 3.92. The van der Waals surface area contributed by atoms with Gasteiger partial charge in [0.2, 0.25) is 17.8 Å². The number of rotatable bonds is 7. The Morgan fingerprint density at radius 2 is 2.00 bits per heavy atom. The van der Waals surface area contributed by atoms with Gasteiger partial charge >= 0.3 is 0 Å². The van der Waals surface area contributed by atoms with Crippen LogP contribution in [0.25, 0.3) is 0 Å². The topological polar surface area (TPSA) is 77.4 Å². The molecule has 0 atom stereocenters. The quantitative estimate of drug-likeness (QED) is 0.772. The highest BCUT2D eigenvalue weighted by Crippen LogP contribution is 2.30. The first-order chi connectivity index (χ1) is 10.3. The lowest BCUT2D eigenvalue weighted by atomic mass is 10.4. The zero-order valence-corrected chi connectivity index (χ0v) is 12.6. The van der Waals surface area contributed by atoms with Crippen molar-refractivity contribution in [3.8, 4) is 0 Å². The van der Waals surface area contributed by atoms with Gasteiger partial charge in [-0.05, 0) is 32.6 Å². The van der Waals surface area contributed by atoms with E-state index in [2.05, 4.69) is 30.1 Å². The maximum atomic E-state index is 9.29. The number of nitrogens with one attached hydrogen (secondary N) is 1. The molecule has 1 aromatic rings. The molecule has 21 heavy (non-hydrogen) atoms. The van der Waals surface area contributed by atoms with Gasteiger partial charge in [-0.2, -0.15) is 15.0 Å². The van der Waals surface area contributed by atoms with Crippen LogP contribution < -0.4 is 15.1 Å². The first-order valence-corrected chi connectivity index (χ1v) is 7.94. The molecule has 7 nitrogen and oxygen atoms in total. The highest BCUT2D eigenvalue weighted by atomic mass is 16.3. The minimum Gasteiger partial charge on any atom is -0.395 e. The molecule has 0 aromatic carbocycles. The van der Waals surface area contributed by atoms with E-state index in [-0.39, 0.29) is 6.61 Å². The lowest BCUT2D eigenvalue weighted by Gasteiger charge is -2.24. The van der Waals surface area contributed by atoms with Crippen LogP contribution in [-0.4, -0.2) is 58.9 Å². The fraction of sp³-hybridized carbons (Fsp3) is 0.786. The predicted octanol–water partition coefficient (Wildman–Crippen LogP) is 0.865. The van der Waals surface area contributed by atoms with Crippen molar-refractivity contribution < 1.29 is 5.11 Å². The maximum Gasteiger partial charge on any atom is 0.232 e. The molecule has 0 amide bonds. The van der Waals surface area contributed by atoms with Gasteiger partial charge in [0.05, 0.1) is 6.61 Å². The highest BCUT2D eigenvalue weighted by Gasteiger charge is 2.31. The molecular weight excluding hydrogens is 268 g/mol. The average molecular weight is 292 g/mol. The van der Waals surface area contributed by atoms with Crippen LogP contribution in [-0.2, 0) is 0 Å². The second-order valence-electron chi connectivity index (χ2n) is 5.63. The Hall–Kier alpha value is -1.63. The number of hydrogen-bond donors (Lipinski definition) is 2. The number of anilines is 3. The Labute approximate surface area is 125 Å². The van der Waals surface area contributed by atoms with Gasteiger partial charge in [0.1, 0.15) is 0 Å². The molecule has 1 saturated heterocycles. The molecule has 0 spiro atoms. The van der Waals surface area contributed by atoms with Crippen molar-refractivity contribution in [2.75, 3.05) is 47.9 Å². The minimum atomic E-state index is 0.123. The van der Waals surface area contributed by atoms with Gasteiger partial charge in [-0.15, -0.1) is 0 Å². The van der Waals surface area contributed by atoms with Crippen molar-refractivity contribution in [2.45, 2.75) is 38.6 Å². The summed E-state index contributed by atoms with van der Waals surface area (Å²) in [6.45, 7) is 5.55. The predicted molar refractivity (Wildman–Crippen MR) is 82.9 cm³/mol. The van der Waals surface area contributed by atoms with E-state index in [9.17, 15) is 5.11 Å². The van der Waals surface area contributed by atoms with Gasteiger partial charge in [0, 0.05) is 32.2 Å². The molecule has 2 heterocycles. The van der Waals surface area contributed by atoms with Gasteiger partial charge < -0.3 is 20.2 Å². The summed E-state index contributed by atoms with van der Waals surface area (Å²) in [6, 6.07) is 0.473. The SMILES string of the molecule is CCNc1nc(N2CCCC2)nc(N(CCO)C2CC2)n1. The molecule has 2 fully saturated rings. The molecule has 116 valence electrons. The summed E-state index contributed by atoms with van der Waals surface area (Å²) in [5.74, 6) is 2.09. The first-order valence-electron chi connectivity index (χ1n) is 7.94. The Morgan fingerprint density at radius 3 is 2.62 bits per heavy atom. The van der Waals surface area contributed by atoms with E-state index in [4.69, 9.17) is 0 Å². The summed E-state index contributed by atoms with van der Waals surface area (Å²) in [5.41, 5.74) is 0. The van der Waals surface area contributed by atoms with Crippen molar-refractivity contribution >= 4 is 17.8 Å². The Kier molecular flexibility index (Phi) is 4.38. The molecule has 2 aliphatic rings. The molecule has 1 saturated carbocycles. The number of hydrogen-bond acceptors (Lipinski definition) is 7. The van der Waals surface area contributed by atoms with E-state index >= 15 is 0 Å². The Morgan fingerprint density at radius 1 is 1.24 bits per heavy atom. The highest BCUT2D eigenvalue weighted by molar-refractivity contribution is 5.47. The normalized spacial score (nSPS) is 18.1. The van der Waals surface area contributed by atoms with Gasteiger partial charge in [0.15, 0.2) is 0 Å². The zero-order chi connectivity index (χ0) is 14.7. The van der Waals surface area contributed by atoms with Crippen molar-refractivity contribution in [1.82, 2.24) is 15.0 Å². The number of aromatic nitrogens is 3. The van der Waals surface area contributed by atoms with Crippen LogP contribution in [0.3, 0.4) is 0 Å². The van der Waals surface area contributed by atoms with E-state index in [0.717, 1.165) is 38.4 Å². The summed E-state index contributed by atoms with van der Waals surface area (Å²) in [4.78, 5) is 18.0. The second-order valence-corrected chi connectivity index (χ2v) is 5.63. The van der Waals surface area contributed by atoms with Crippen molar-refractivity contribution in [2.24, 2.45) is 0 Å². The first kappa shape index (κ1) is 14.3. The second kappa shape index (κ2) is 6.43. The lowest BCUT2D eigenvalue weighted by Crippen LogP contribution is -2.32. The van der Waals surface area contributed by atoms with Gasteiger partial charge in [0.25, 0.3) is 0 Å². The van der Waals surface area contributed by atoms with Crippen LogP contribution in [0, 0.1) is 0 Å². The lowest BCUT2D eigenvalue weighted by molar-refractivity contribution is 0.300. The van der Waals surface area contributed by atoms with Gasteiger partial charge in [-0.25, -0.2) is 0 Å². The summed E-state index contributed by atoms with van der Waals surface area (Å²) >= 11 is 0. The molecule has 7 heteroatoms. The van der Waals surface area contributed by atoms with Crippen LogP contribution in [0.4, 0.5) is 17.8 Å². The molecule has 2 N–H and O–H groups in total. The van der Waals surface area contributed by atoms with E-state index in [1.807, 2.05) is 6.92 Å². The molecule has 0 radical (unpaired) electrons. The molecule has 3 rings (SSSR count). The molecule has 0 unspecified atom stereocenters. The summed E-state index contributed by atoms with van der Waals surface area (Å²) in [7, 11) is 0. The summed E-state index contributed by atoms with van der Waals surface area (Å²) in [5, 5.41) is 12.5. The van der Waals surface area contributed by atoms with E-state index in [1.54, 1.807) is 0 Å². The Bertz CT molecular complexity index is 473. The molecule has 0 bridgehead atoms. The number of aliphatic hydroxyl groups excluding tert-OH is 1. The molecule has 1 aliphatic heterocycles. The van der Waals surface area contributed by atoms with Crippen molar-refractivity contribution in [3.05, 3.63) is 0 Å². The van der Waals surface area contributed by atoms with E-state index in [0.29, 0.717) is 24.5 Å². The monoisotopic (exact) mass is 292 g/mol. The standard InChI is InChI=1S/C14H24N6O/c1-2-15-12-16-13(19-7-3-4-8-19)18-14(17-12)20(9-10-21)11-5-6-11/h11,21H,2-10H2,1H3,(H,15,16,17,18). The van der Waals surface area contributed by atoms with Crippen LogP contribution in [0.5, 0.6) is 0 Å². The van der Waals surface area contributed by atoms with E-state index < -0.39 is 0 Å². The summed E-state index contributed by atoms with van der Waals surface area (Å²) < 4.78 is 0. The van der Waals surface area contributed by atoms with Crippen LogP contribution in [0.2, 0.25) is 0 Å². The third-order valence-electron chi connectivity index (χ3n) is 3.92. The molecule has 1 aromatic heterocycles. The number of nitrogens with zero attached hydrogens (tertiary/aromatic N) is 5. The van der Waals surface area contributed by atoms with Gasteiger partial charge in [-0.3, -0.25) is 0 Å². The maximum absolute atomic E-state index is 9.29. The van der Waals surface area contributed by atoms with Gasteiger partial charge in [-0.1, -0.05) is 0 Å². The van der Waals surface area contributed by atoms with Crippen molar-refractivity contribution in [1.29, 1.82) is 0 Å². The summed E-state index contributed by atoms with van der Waals surface area (Å²) in [6.07, 6.45) is 4.70. The number of aliphatic hydroxyl groups is 1. The zero-order valence-electron chi connectivity index (χ0n) is 12.6. The molecular formula is C14H24N6O. The van der Waals surface area contributed by atoms with Crippen LogP contribution in [0.1, 0.15) is 32.6 Å². The minimum absolute atomic E-state index is 0.123. The third kappa shape index (κ3) is 3.34. The largest absolute Gasteiger partial charge is 0.395 e. The fourth-order valence-electron chi connectivity index (χ4n) is 2.72.